The number of alkyl carbamates (subject to hydrolysis) is 1. The summed E-state index contributed by atoms with van der Waals surface area (Å²) in [5.74, 6) is -2.80. The zero-order valence-corrected chi connectivity index (χ0v) is 17.5. The third-order valence-electron chi connectivity index (χ3n) is 5.40. The van der Waals surface area contributed by atoms with Gasteiger partial charge in [0.2, 0.25) is 12.3 Å². The monoisotopic (exact) mass is 462 g/mol. The third-order valence-corrected chi connectivity index (χ3v) is 5.40. The number of rotatable bonds is 10. The van der Waals surface area contributed by atoms with E-state index in [1.807, 2.05) is 53.8 Å². The second-order valence-corrected chi connectivity index (χ2v) is 7.56. The van der Waals surface area contributed by atoms with E-state index in [9.17, 15) is 23.2 Å². The first-order chi connectivity index (χ1) is 15.8. The van der Waals surface area contributed by atoms with Crippen molar-refractivity contribution in [2.45, 2.75) is 37.3 Å². The van der Waals surface area contributed by atoms with Crippen molar-refractivity contribution in [1.29, 1.82) is 0 Å². The molecular formula is C23H24F2N2O6. The Balaban J connectivity index is 1.66. The van der Waals surface area contributed by atoms with Crippen LogP contribution in [-0.2, 0) is 14.3 Å². The molecule has 4 N–H and O–H groups in total. The molecular weight excluding hydrogens is 438 g/mol. The van der Waals surface area contributed by atoms with Crippen LogP contribution in [-0.4, -0.2) is 59.9 Å². The molecule has 0 radical (unpaired) electrons. The molecule has 1 aliphatic rings. The highest BCUT2D eigenvalue weighted by molar-refractivity contribution is 5.89. The van der Waals surface area contributed by atoms with Gasteiger partial charge in [0, 0.05) is 25.4 Å². The second-order valence-electron chi connectivity index (χ2n) is 7.56. The number of fused-ring (bicyclic) bond motifs is 3. The predicted molar refractivity (Wildman–Crippen MR) is 114 cm³/mol. The van der Waals surface area contributed by atoms with Crippen molar-refractivity contribution in [2.24, 2.45) is 0 Å². The van der Waals surface area contributed by atoms with Crippen molar-refractivity contribution >= 4 is 18.0 Å². The van der Waals surface area contributed by atoms with Crippen LogP contribution in [0.5, 0.6) is 0 Å². The Morgan fingerprint density at radius 1 is 0.939 bits per heavy atom. The number of hydrogen-bond donors (Lipinski definition) is 4. The molecule has 0 fully saturated rings. The molecule has 8 nitrogen and oxygen atoms in total. The lowest BCUT2D eigenvalue weighted by molar-refractivity contribution is -0.142. The van der Waals surface area contributed by atoms with Crippen molar-refractivity contribution in [3.63, 3.8) is 0 Å². The molecule has 0 saturated carbocycles. The summed E-state index contributed by atoms with van der Waals surface area (Å²) in [6.07, 6.45) is -5.35. The molecule has 0 aliphatic heterocycles. The summed E-state index contributed by atoms with van der Waals surface area (Å²) in [4.78, 5) is 35.8. The topological polar surface area (TPSA) is 125 Å². The van der Waals surface area contributed by atoms with Crippen LogP contribution in [0, 0.1) is 0 Å². The van der Waals surface area contributed by atoms with Crippen molar-refractivity contribution in [3.8, 4) is 11.1 Å². The fourth-order valence-corrected chi connectivity index (χ4v) is 3.85. The number of carbonyl (C=O) groups excluding carboxylic acids is 2. The van der Waals surface area contributed by atoms with Crippen LogP contribution in [0.15, 0.2) is 48.5 Å². The number of aliphatic carboxylic acids is 1. The first kappa shape index (κ1) is 24.1. The highest BCUT2D eigenvalue weighted by Crippen LogP contribution is 2.44. The lowest BCUT2D eigenvalue weighted by Crippen LogP contribution is -2.52. The van der Waals surface area contributed by atoms with Gasteiger partial charge in [-0.2, -0.15) is 0 Å². The van der Waals surface area contributed by atoms with Crippen LogP contribution in [0.3, 0.4) is 0 Å². The van der Waals surface area contributed by atoms with Crippen LogP contribution in [0.4, 0.5) is 13.6 Å². The summed E-state index contributed by atoms with van der Waals surface area (Å²) in [5.41, 5.74) is 3.95. The summed E-state index contributed by atoms with van der Waals surface area (Å²) >= 11 is 0. The van der Waals surface area contributed by atoms with Gasteiger partial charge in [0.1, 0.15) is 18.7 Å². The lowest BCUT2D eigenvalue weighted by Gasteiger charge is -2.21. The van der Waals surface area contributed by atoms with Gasteiger partial charge in [0.25, 0.3) is 0 Å². The molecule has 0 saturated heterocycles. The molecule has 3 rings (SSSR count). The quantitative estimate of drug-likeness (QED) is 0.430. The predicted octanol–water partition coefficient (Wildman–Crippen LogP) is 2.50. The molecule has 10 heteroatoms. The molecule has 0 spiro atoms. The lowest BCUT2D eigenvalue weighted by atomic mass is 9.98. The van der Waals surface area contributed by atoms with Gasteiger partial charge in [-0.1, -0.05) is 48.5 Å². The Labute approximate surface area is 188 Å². The van der Waals surface area contributed by atoms with Gasteiger partial charge >= 0.3 is 12.1 Å². The summed E-state index contributed by atoms with van der Waals surface area (Å²) in [5, 5.41) is 22.1. The molecule has 2 aromatic carbocycles. The van der Waals surface area contributed by atoms with Crippen molar-refractivity contribution in [1.82, 2.24) is 10.6 Å². The zero-order valence-electron chi connectivity index (χ0n) is 17.5. The summed E-state index contributed by atoms with van der Waals surface area (Å²) in [7, 11) is 0. The van der Waals surface area contributed by atoms with Crippen LogP contribution in [0.2, 0.25) is 0 Å². The van der Waals surface area contributed by atoms with Crippen LogP contribution in [0.1, 0.15) is 29.9 Å². The molecule has 33 heavy (non-hydrogen) atoms. The minimum atomic E-state index is -2.93. The van der Waals surface area contributed by atoms with E-state index in [0.29, 0.717) is 0 Å². The number of amides is 2. The number of benzene rings is 2. The maximum atomic E-state index is 13.0. The Hall–Kier alpha value is -3.53. The number of alkyl halides is 2. The highest BCUT2D eigenvalue weighted by atomic mass is 19.3. The molecule has 0 aromatic heterocycles. The van der Waals surface area contributed by atoms with E-state index >= 15 is 0 Å². The molecule has 0 bridgehead atoms. The van der Waals surface area contributed by atoms with Crippen LogP contribution < -0.4 is 10.6 Å². The van der Waals surface area contributed by atoms with Crippen LogP contribution in [0.25, 0.3) is 11.1 Å². The van der Waals surface area contributed by atoms with E-state index in [0.717, 1.165) is 22.3 Å². The Morgan fingerprint density at radius 2 is 1.52 bits per heavy atom. The Morgan fingerprint density at radius 3 is 2.03 bits per heavy atom. The van der Waals surface area contributed by atoms with Crippen molar-refractivity contribution in [3.05, 3.63) is 59.7 Å². The Bertz CT molecular complexity index is 970. The number of nitrogens with one attached hydrogen (secondary N) is 2. The standard InChI is InChI=1S/C23H24F2N2O6/c24-20(25)11-19(21(29)26-18(9-10-28)22(30)31)27-23(32)33-12-17-15-7-3-1-5-13(15)14-6-2-4-8-16(14)17/h1-8,17-20,28H,9-12H2,(H,26,29)(H,27,32)(H,30,31). The smallest absolute Gasteiger partial charge is 0.407 e. The number of carboxylic acid groups (broad SMARTS) is 1. The van der Waals surface area contributed by atoms with Crippen LogP contribution >= 0.6 is 0 Å². The normalized spacial score (nSPS) is 14.2. The molecule has 2 atom stereocenters. The van der Waals surface area contributed by atoms with E-state index < -0.39 is 49.5 Å². The largest absolute Gasteiger partial charge is 0.480 e. The fourth-order valence-electron chi connectivity index (χ4n) is 3.85. The Kier molecular flexibility index (Phi) is 7.94. The molecule has 2 unspecified atom stereocenters. The maximum absolute atomic E-state index is 13.0. The van der Waals surface area contributed by atoms with Crippen molar-refractivity contribution < 1.29 is 38.1 Å². The van der Waals surface area contributed by atoms with E-state index in [1.165, 1.54) is 0 Å². The number of halogens is 2. The van der Waals surface area contributed by atoms with Gasteiger partial charge < -0.3 is 25.6 Å². The number of carbonyl (C=O) groups is 3. The number of aliphatic hydroxyl groups excluding tert-OH is 1. The van der Waals surface area contributed by atoms with Gasteiger partial charge in [-0.25, -0.2) is 18.4 Å². The summed E-state index contributed by atoms with van der Waals surface area (Å²) in [6.45, 7) is -0.609. The molecule has 2 amide bonds. The SMILES string of the molecule is O=C(NC(CC(F)F)C(=O)NC(CCO)C(=O)O)OCC1c2ccccc2-c2ccccc21. The molecule has 0 heterocycles. The van der Waals surface area contributed by atoms with Gasteiger partial charge in [0.15, 0.2) is 0 Å². The molecule has 2 aromatic rings. The van der Waals surface area contributed by atoms with Gasteiger partial charge in [-0.3, -0.25) is 4.79 Å². The van der Waals surface area contributed by atoms with E-state index in [-0.39, 0.29) is 18.9 Å². The molecule has 176 valence electrons. The van der Waals surface area contributed by atoms with E-state index in [4.69, 9.17) is 14.9 Å². The summed E-state index contributed by atoms with van der Waals surface area (Å²) < 4.78 is 31.2. The summed E-state index contributed by atoms with van der Waals surface area (Å²) in [6, 6.07) is 12.1. The minimum Gasteiger partial charge on any atom is -0.480 e. The first-order valence-electron chi connectivity index (χ1n) is 10.4. The maximum Gasteiger partial charge on any atom is 0.407 e. The highest BCUT2D eigenvalue weighted by Gasteiger charge is 2.31. The number of aliphatic hydroxyl groups is 1. The second kappa shape index (κ2) is 10.9. The first-order valence-corrected chi connectivity index (χ1v) is 10.4. The van der Waals surface area contributed by atoms with Gasteiger partial charge in [-0.05, 0) is 22.3 Å². The van der Waals surface area contributed by atoms with Gasteiger partial charge in [0.05, 0.1) is 0 Å². The van der Waals surface area contributed by atoms with E-state index in [2.05, 4.69) is 5.32 Å². The minimum absolute atomic E-state index is 0.0782. The average molecular weight is 462 g/mol. The number of carboxylic acids is 1. The van der Waals surface area contributed by atoms with Gasteiger partial charge in [-0.15, -0.1) is 0 Å². The number of ether oxygens (including phenoxy) is 1. The fraction of sp³-hybridized carbons (Fsp3) is 0.348. The third kappa shape index (κ3) is 5.83. The average Bonchev–Trinajstić information content (AvgIpc) is 3.10. The number of hydrogen-bond acceptors (Lipinski definition) is 5. The van der Waals surface area contributed by atoms with E-state index in [1.54, 1.807) is 0 Å². The zero-order chi connectivity index (χ0) is 24.0. The van der Waals surface area contributed by atoms with Crippen molar-refractivity contribution in [2.75, 3.05) is 13.2 Å². The molecule has 1 aliphatic carbocycles.